The highest BCUT2D eigenvalue weighted by atomic mass is 79.9. The summed E-state index contributed by atoms with van der Waals surface area (Å²) in [6.07, 6.45) is 2.36. The van der Waals surface area contributed by atoms with Crippen LogP contribution in [-0.2, 0) is 14.3 Å². The zero-order chi connectivity index (χ0) is 15.2. The lowest BCUT2D eigenvalue weighted by atomic mass is 9.64. The van der Waals surface area contributed by atoms with Crippen molar-refractivity contribution in [2.24, 2.45) is 16.2 Å². The topological polar surface area (TPSA) is 55.4 Å². The number of carbonyl (C=O) groups excluding carboxylic acids is 2. The molecule has 5 heteroatoms. The van der Waals surface area contributed by atoms with E-state index < -0.39 is 10.8 Å². The maximum Gasteiger partial charge on any atom is 0.228 e. The molecular weight excluding hydrogens is 322 g/mol. The number of hydrogen-bond acceptors (Lipinski definition) is 3. The number of amides is 1. The van der Waals surface area contributed by atoms with Gasteiger partial charge in [-0.1, -0.05) is 36.7 Å². The maximum atomic E-state index is 12.8. The second-order valence-corrected chi connectivity index (χ2v) is 7.67. The molecule has 0 aromatic rings. The Kier molecular flexibility index (Phi) is 4.06. The van der Waals surface area contributed by atoms with Crippen molar-refractivity contribution in [3.8, 4) is 0 Å². The molecule has 0 aromatic carbocycles. The molecule has 0 unspecified atom stereocenters. The van der Waals surface area contributed by atoms with Crippen LogP contribution >= 0.6 is 15.9 Å². The van der Waals surface area contributed by atoms with E-state index in [0.717, 1.165) is 19.3 Å². The Morgan fingerprint density at radius 2 is 2.05 bits per heavy atom. The van der Waals surface area contributed by atoms with Gasteiger partial charge in [-0.05, 0) is 24.7 Å². The van der Waals surface area contributed by atoms with E-state index in [1.807, 2.05) is 6.92 Å². The number of halogens is 1. The molecule has 0 radical (unpaired) electrons. The molecule has 2 saturated carbocycles. The minimum atomic E-state index is -0.619. The van der Waals surface area contributed by atoms with Gasteiger partial charge in [0.15, 0.2) is 5.78 Å². The first-order chi connectivity index (χ1) is 9.25. The van der Waals surface area contributed by atoms with Crippen molar-refractivity contribution < 1.29 is 14.3 Å². The molecule has 114 valence electrons. The van der Waals surface area contributed by atoms with Gasteiger partial charge in [0.2, 0.25) is 5.91 Å². The standard InChI is InChI=1S/C15H24BrNO3/c1-13(2)14(3)6-7-15(13,10(16)11(14)18)12(19)17-8-5-9-20-4/h10H,5-9H2,1-4H3,(H,17,19)/t10-,14-,15+/m0/s1. The smallest absolute Gasteiger partial charge is 0.228 e. The third kappa shape index (κ3) is 1.75. The lowest BCUT2D eigenvalue weighted by molar-refractivity contribution is -0.135. The molecule has 4 nitrogen and oxygen atoms in total. The number of carbonyl (C=O) groups is 2. The quantitative estimate of drug-likeness (QED) is 0.614. The van der Waals surface area contributed by atoms with Crippen LogP contribution in [0.25, 0.3) is 0 Å². The lowest BCUT2D eigenvalue weighted by Gasteiger charge is -2.39. The van der Waals surface area contributed by atoms with E-state index in [0.29, 0.717) is 13.2 Å². The average molecular weight is 346 g/mol. The number of nitrogens with one attached hydrogen (secondary N) is 1. The van der Waals surface area contributed by atoms with Gasteiger partial charge in [0, 0.05) is 25.7 Å². The first-order valence-electron chi connectivity index (χ1n) is 7.21. The fourth-order valence-corrected chi connectivity index (χ4v) is 5.55. The van der Waals surface area contributed by atoms with Gasteiger partial charge in [0.1, 0.15) is 0 Å². The molecule has 0 heterocycles. The SMILES string of the molecule is COCCCNC(=O)[C@@]12CC[C@@](C)(C(=O)[C@@H]1Br)C2(C)C. The summed E-state index contributed by atoms with van der Waals surface area (Å²) < 4.78 is 4.99. The predicted octanol–water partition coefficient (Wildman–Crippen LogP) is 2.30. The first-order valence-corrected chi connectivity index (χ1v) is 8.13. The average Bonchev–Trinajstić information content (AvgIpc) is 2.67. The second-order valence-electron chi connectivity index (χ2n) is 6.76. The molecule has 2 aliphatic carbocycles. The number of alkyl halides is 1. The van der Waals surface area contributed by atoms with Crippen molar-refractivity contribution in [2.45, 2.75) is 44.9 Å². The van der Waals surface area contributed by atoms with E-state index in [1.165, 1.54) is 0 Å². The number of fused-ring (bicyclic) bond motifs is 2. The third-order valence-corrected chi connectivity index (χ3v) is 7.13. The summed E-state index contributed by atoms with van der Waals surface area (Å²) in [7, 11) is 1.65. The summed E-state index contributed by atoms with van der Waals surface area (Å²) in [5.74, 6) is 0.191. The number of rotatable bonds is 5. The Bertz CT molecular complexity index is 437. The lowest BCUT2D eigenvalue weighted by Crippen LogP contribution is -2.51. The molecule has 1 amide bonds. The van der Waals surface area contributed by atoms with Gasteiger partial charge in [-0.2, -0.15) is 0 Å². The molecule has 3 atom stereocenters. The molecule has 2 fully saturated rings. The van der Waals surface area contributed by atoms with E-state index in [9.17, 15) is 9.59 Å². The van der Waals surface area contributed by atoms with Crippen molar-refractivity contribution in [3.05, 3.63) is 0 Å². The Labute approximate surface area is 129 Å². The summed E-state index contributed by atoms with van der Waals surface area (Å²) >= 11 is 3.52. The Morgan fingerprint density at radius 1 is 1.40 bits per heavy atom. The molecule has 0 aliphatic heterocycles. The largest absolute Gasteiger partial charge is 0.385 e. The van der Waals surface area contributed by atoms with Crippen LogP contribution < -0.4 is 5.32 Å². The Hall–Kier alpha value is -0.420. The predicted molar refractivity (Wildman–Crippen MR) is 80.8 cm³/mol. The van der Waals surface area contributed by atoms with Gasteiger partial charge in [-0.15, -0.1) is 0 Å². The Morgan fingerprint density at radius 3 is 2.55 bits per heavy atom. The van der Waals surface area contributed by atoms with Crippen LogP contribution in [0.3, 0.4) is 0 Å². The number of ether oxygens (including phenoxy) is 1. The van der Waals surface area contributed by atoms with E-state index >= 15 is 0 Å². The highest BCUT2D eigenvalue weighted by Crippen LogP contribution is 2.72. The van der Waals surface area contributed by atoms with E-state index in [2.05, 4.69) is 35.1 Å². The molecule has 2 rings (SSSR count). The summed E-state index contributed by atoms with van der Waals surface area (Å²) in [4.78, 5) is 24.9. The van der Waals surface area contributed by atoms with E-state index in [4.69, 9.17) is 4.74 Å². The fourth-order valence-electron chi connectivity index (χ4n) is 4.03. The summed E-state index contributed by atoms with van der Waals surface area (Å²) in [6.45, 7) is 7.36. The normalized spacial score (nSPS) is 38.2. The molecule has 20 heavy (non-hydrogen) atoms. The first kappa shape index (κ1) is 16.0. The number of Topliss-reactive ketones (excluding diaryl/α,β-unsaturated/α-hetero) is 1. The van der Waals surface area contributed by atoms with E-state index in [-0.39, 0.29) is 21.9 Å². The van der Waals surface area contributed by atoms with Crippen LogP contribution in [0.1, 0.15) is 40.0 Å². The monoisotopic (exact) mass is 345 g/mol. The van der Waals surface area contributed by atoms with Crippen molar-refractivity contribution in [1.82, 2.24) is 5.32 Å². The van der Waals surface area contributed by atoms with Gasteiger partial charge in [0.05, 0.1) is 10.2 Å². The zero-order valence-corrected chi connectivity index (χ0v) is 14.3. The Balaban J connectivity index is 2.21. The van der Waals surface area contributed by atoms with Gasteiger partial charge < -0.3 is 10.1 Å². The number of hydrogen-bond donors (Lipinski definition) is 1. The fraction of sp³-hybridized carbons (Fsp3) is 0.867. The van der Waals surface area contributed by atoms with Crippen molar-refractivity contribution in [3.63, 3.8) is 0 Å². The number of ketones is 1. The zero-order valence-electron chi connectivity index (χ0n) is 12.7. The van der Waals surface area contributed by atoms with Crippen molar-refractivity contribution in [1.29, 1.82) is 0 Å². The minimum absolute atomic E-state index is 0.00931. The van der Waals surface area contributed by atoms with Gasteiger partial charge >= 0.3 is 0 Å². The molecule has 0 saturated heterocycles. The van der Waals surface area contributed by atoms with E-state index in [1.54, 1.807) is 7.11 Å². The molecule has 0 aromatic heterocycles. The molecule has 2 bridgehead atoms. The van der Waals surface area contributed by atoms with Crippen molar-refractivity contribution in [2.75, 3.05) is 20.3 Å². The van der Waals surface area contributed by atoms with Crippen LogP contribution in [0.15, 0.2) is 0 Å². The second kappa shape index (κ2) is 5.09. The van der Waals surface area contributed by atoms with Gasteiger partial charge in [0.25, 0.3) is 0 Å². The van der Waals surface area contributed by atoms with Gasteiger partial charge in [-0.25, -0.2) is 0 Å². The number of methoxy groups -OCH3 is 1. The molecule has 1 N–H and O–H groups in total. The summed E-state index contributed by atoms with van der Waals surface area (Å²) in [5.41, 5.74) is -1.34. The molecule has 0 spiro atoms. The third-order valence-electron chi connectivity index (χ3n) is 5.94. The molecule has 2 aliphatic rings. The van der Waals surface area contributed by atoms with Crippen LogP contribution in [0.5, 0.6) is 0 Å². The van der Waals surface area contributed by atoms with Crippen molar-refractivity contribution >= 4 is 27.6 Å². The molecular formula is C15H24BrNO3. The van der Waals surface area contributed by atoms with Crippen LogP contribution in [-0.4, -0.2) is 36.8 Å². The maximum absolute atomic E-state index is 12.8. The summed E-state index contributed by atoms with van der Waals surface area (Å²) in [5, 5.41) is 3.00. The minimum Gasteiger partial charge on any atom is -0.385 e. The van der Waals surface area contributed by atoms with Crippen LogP contribution in [0, 0.1) is 16.2 Å². The van der Waals surface area contributed by atoms with Gasteiger partial charge in [-0.3, -0.25) is 9.59 Å². The van der Waals surface area contributed by atoms with Crippen LogP contribution in [0.2, 0.25) is 0 Å². The highest BCUT2D eigenvalue weighted by Gasteiger charge is 2.76. The summed E-state index contributed by atoms with van der Waals surface area (Å²) in [6, 6.07) is 0. The highest BCUT2D eigenvalue weighted by molar-refractivity contribution is 9.10. The van der Waals surface area contributed by atoms with Crippen LogP contribution in [0.4, 0.5) is 0 Å².